The molecule has 4 aliphatic carbocycles. The van der Waals surface area contributed by atoms with Gasteiger partial charge in [0, 0.05) is 24.2 Å². The van der Waals surface area contributed by atoms with Crippen molar-refractivity contribution in [2.75, 3.05) is 0 Å². The van der Waals surface area contributed by atoms with Crippen LogP contribution in [0.2, 0.25) is 0 Å². The van der Waals surface area contributed by atoms with E-state index in [0.717, 1.165) is 55.3 Å². The number of pyridine rings is 1. The summed E-state index contributed by atoms with van der Waals surface area (Å²) in [6.45, 7) is 7.51. The van der Waals surface area contributed by atoms with Crippen LogP contribution in [-0.4, -0.2) is 37.4 Å². The van der Waals surface area contributed by atoms with Gasteiger partial charge in [0.15, 0.2) is 0 Å². The number of hydrogen-bond donors (Lipinski definition) is 2. The quantitative estimate of drug-likeness (QED) is 0.601. The minimum Gasteiger partial charge on any atom is -0.393 e. The average Bonchev–Trinajstić information content (AvgIpc) is 3.21. The summed E-state index contributed by atoms with van der Waals surface area (Å²) in [4.78, 5) is 13.6. The number of fused-ring (bicyclic) bond motifs is 6. The molecule has 0 aliphatic heterocycles. The minimum absolute atomic E-state index is 0.162. The van der Waals surface area contributed by atoms with E-state index in [1.54, 1.807) is 6.20 Å². The van der Waals surface area contributed by atoms with Crippen LogP contribution in [0, 0.1) is 46.3 Å². The zero-order valence-electron chi connectivity index (χ0n) is 21.7. The van der Waals surface area contributed by atoms with Crippen LogP contribution >= 0.6 is 0 Å². The first kappa shape index (κ1) is 23.8. The summed E-state index contributed by atoms with van der Waals surface area (Å²) in [5, 5.41) is 22.8. The summed E-state index contributed by atoms with van der Waals surface area (Å²) in [5.74, 6) is 4.46. The first-order chi connectivity index (χ1) is 16.8. The normalized spacial score (nSPS) is 43.9. The van der Waals surface area contributed by atoms with Crippen LogP contribution in [0.25, 0.3) is 10.9 Å². The smallest absolute Gasteiger partial charge is 0.129 e. The summed E-state index contributed by atoms with van der Waals surface area (Å²) >= 11 is 0. The summed E-state index contributed by atoms with van der Waals surface area (Å²) < 4.78 is 0. The van der Waals surface area contributed by atoms with Crippen LogP contribution in [0.5, 0.6) is 0 Å². The first-order valence-corrected chi connectivity index (χ1v) is 14.2. The van der Waals surface area contributed by atoms with E-state index in [9.17, 15) is 10.2 Å². The van der Waals surface area contributed by atoms with E-state index in [4.69, 9.17) is 4.98 Å². The van der Waals surface area contributed by atoms with Crippen molar-refractivity contribution in [2.24, 2.45) is 46.3 Å². The fourth-order valence-electron chi connectivity index (χ4n) is 9.77. The van der Waals surface area contributed by atoms with Crippen LogP contribution in [0.4, 0.5) is 0 Å². The van der Waals surface area contributed by atoms with Crippen molar-refractivity contribution in [2.45, 2.75) is 97.2 Å². The van der Waals surface area contributed by atoms with Crippen LogP contribution in [0.15, 0.2) is 24.7 Å². The fourth-order valence-corrected chi connectivity index (χ4v) is 9.77. The van der Waals surface area contributed by atoms with Crippen molar-refractivity contribution in [3.8, 4) is 0 Å². The van der Waals surface area contributed by atoms with Gasteiger partial charge in [0.05, 0.1) is 23.9 Å². The third-order valence-corrected chi connectivity index (χ3v) is 11.7. The van der Waals surface area contributed by atoms with Crippen molar-refractivity contribution in [1.82, 2.24) is 15.0 Å². The zero-order chi connectivity index (χ0) is 24.4. The highest BCUT2D eigenvalue weighted by atomic mass is 16.3. The molecular weight excluding hydrogens is 434 g/mol. The monoisotopic (exact) mass is 477 g/mol. The number of aromatic nitrogens is 3. The molecular formula is C30H43N3O2. The van der Waals surface area contributed by atoms with Crippen molar-refractivity contribution in [1.29, 1.82) is 0 Å². The summed E-state index contributed by atoms with van der Waals surface area (Å²) in [6.07, 6.45) is 16.2. The van der Waals surface area contributed by atoms with Gasteiger partial charge >= 0.3 is 0 Å². The molecule has 1 unspecified atom stereocenters. The third kappa shape index (κ3) is 3.83. The second kappa shape index (κ2) is 8.76. The van der Waals surface area contributed by atoms with Crippen LogP contribution in [0.1, 0.15) is 84.4 Å². The maximum atomic E-state index is 11.5. The molecule has 5 heteroatoms. The molecule has 0 amide bonds. The van der Waals surface area contributed by atoms with Gasteiger partial charge in [0.1, 0.15) is 5.82 Å². The lowest BCUT2D eigenvalue weighted by Gasteiger charge is -2.62. The molecule has 4 aliphatic rings. The molecule has 0 bridgehead atoms. The Kier molecular flexibility index (Phi) is 5.95. The van der Waals surface area contributed by atoms with E-state index in [-0.39, 0.29) is 12.2 Å². The van der Waals surface area contributed by atoms with Gasteiger partial charge in [-0.25, -0.2) is 9.97 Å². The highest BCUT2D eigenvalue weighted by Crippen LogP contribution is 2.68. The molecule has 0 radical (unpaired) electrons. The van der Waals surface area contributed by atoms with Gasteiger partial charge in [0.25, 0.3) is 0 Å². The maximum Gasteiger partial charge on any atom is 0.129 e. The molecule has 2 N–H and O–H groups in total. The van der Waals surface area contributed by atoms with Crippen molar-refractivity contribution in [3.05, 3.63) is 30.5 Å². The lowest BCUT2D eigenvalue weighted by molar-refractivity contribution is -0.174. The number of aliphatic hydroxyl groups excluding tert-OH is 2. The van der Waals surface area contributed by atoms with E-state index in [0.29, 0.717) is 46.3 Å². The van der Waals surface area contributed by atoms with E-state index in [1.807, 2.05) is 18.5 Å². The molecule has 35 heavy (non-hydrogen) atoms. The number of aliphatic hydroxyl groups is 2. The molecule has 2 aromatic rings. The molecule has 0 aromatic carbocycles. The highest BCUT2D eigenvalue weighted by Gasteiger charge is 2.62. The molecule has 2 heterocycles. The predicted octanol–water partition coefficient (Wildman–Crippen LogP) is 5.58. The van der Waals surface area contributed by atoms with Gasteiger partial charge in [-0.3, -0.25) is 4.98 Å². The lowest BCUT2D eigenvalue weighted by atomic mass is 9.43. The van der Waals surface area contributed by atoms with Gasteiger partial charge in [0.2, 0.25) is 0 Å². The Labute approximate surface area is 210 Å². The van der Waals surface area contributed by atoms with Crippen LogP contribution in [-0.2, 0) is 6.42 Å². The highest BCUT2D eigenvalue weighted by molar-refractivity contribution is 5.76. The molecule has 4 fully saturated rings. The van der Waals surface area contributed by atoms with Crippen LogP contribution < -0.4 is 0 Å². The molecule has 10 atom stereocenters. The molecule has 190 valence electrons. The largest absolute Gasteiger partial charge is 0.393 e. The SMILES string of the molecule is C[C@H](CCc1ncc2ccncc2n1)[C@H]1CC[C@H]2[C@H]3C(CC[C@]12C)[C@@]1(C)CC[C@@H](O)C[C@H]1C[C@@H]3O. The topological polar surface area (TPSA) is 79.1 Å². The van der Waals surface area contributed by atoms with Crippen molar-refractivity contribution >= 4 is 10.9 Å². The van der Waals surface area contributed by atoms with E-state index >= 15 is 0 Å². The van der Waals surface area contributed by atoms with Gasteiger partial charge in [-0.15, -0.1) is 0 Å². The lowest BCUT2D eigenvalue weighted by Crippen LogP contribution is -2.58. The second-order valence-electron chi connectivity index (χ2n) is 13.2. The molecule has 0 saturated heterocycles. The van der Waals surface area contributed by atoms with E-state index in [1.165, 1.54) is 25.7 Å². The van der Waals surface area contributed by atoms with Gasteiger partial charge in [-0.05, 0) is 110 Å². The molecule has 4 saturated carbocycles. The number of rotatable bonds is 4. The number of nitrogens with zero attached hydrogens (tertiary/aromatic N) is 3. The zero-order valence-corrected chi connectivity index (χ0v) is 21.7. The van der Waals surface area contributed by atoms with Gasteiger partial charge in [-0.1, -0.05) is 20.8 Å². The summed E-state index contributed by atoms with van der Waals surface area (Å²) in [5.41, 5.74) is 1.56. The van der Waals surface area contributed by atoms with Crippen molar-refractivity contribution < 1.29 is 10.2 Å². The van der Waals surface area contributed by atoms with Gasteiger partial charge < -0.3 is 10.2 Å². The standard InChI is InChI=1S/C30H43N3O2/c1-18(4-7-27-32-16-19-10-13-31-17-25(19)33-27)22-5-6-23-28-24(9-12-30(22,23)3)29(2)11-8-21(34)14-20(29)15-26(28)35/h10,13,16-18,20-24,26,28,34-35H,4-9,11-12,14-15H2,1-3H3/t18-,20+,21-,22-,23+,24?,26+,28+,29+,30-/m1/s1. The number of aryl methyl sites for hydroxylation is 1. The minimum atomic E-state index is -0.193. The number of hydrogen-bond acceptors (Lipinski definition) is 5. The summed E-state index contributed by atoms with van der Waals surface area (Å²) in [6, 6.07) is 1.97. The first-order valence-electron chi connectivity index (χ1n) is 14.2. The Bertz CT molecular complexity index is 1080. The Morgan fingerprint density at radius 2 is 1.80 bits per heavy atom. The molecule has 5 nitrogen and oxygen atoms in total. The molecule has 0 spiro atoms. The van der Waals surface area contributed by atoms with E-state index in [2.05, 4.69) is 30.7 Å². The predicted molar refractivity (Wildman–Crippen MR) is 137 cm³/mol. The van der Waals surface area contributed by atoms with Gasteiger partial charge in [-0.2, -0.15) is 0 Å². The Morgan fingerprint density at radius 3 is 2.66 bits per heavy atom. The third-order valence-electron chi connectivity index (χ3n) is 11.7. The molecule has 6 rings (SSSR count). The fraction of sp³-hybridized carbons (Fsp3) is 0.767. The maximum absolute atomic E-state index is 11.5. The second-order valence-corrected chi connectivity index (χ2v) is 13.2. The summed E-state index contributed by atoms with van der Waals surface area (Å²) in [7, 11) is 0. The van der Waals surface area contributed by atoms with E-state index < -0.39 is 0 Å². The Hall–Kier alpha value is -1.59. The van der Waals surface area contributed by atoms with Crippen LogP contribution in [0.3, 0.4) is 0 Å². The Balaban J connectivity index is 1.17. The Morgan fingerprint density at radius 1 is 1.00 bits per heavy atom. The average molecular weight is 478 g/mol. The molecule has 2 aromatic heterocycles. The van der Waals surface area contributed by atoms with Crippen molar-refractivity contribution in [3.63, 3.8) is 0 Å².